The molecule has 7 heteroatoms. The maximum atomic E-state index is 5.70. The molecule has 1 aromatic carbocycles. The van der Waals surface area contributed by atoms with E-state index < -0.39 is 0 Å². The maximum Gasteiger partial charge on any atom is 0.219 e. The number of hydrazine groups is 1. The zero-order valence-electron chi connectivity index (χ0n) is 11.7. The lowest BCUT2D eigenvalue weighted by atomic mass is 10.2. The lowest BCUT2D eigenvalue weighted by Gasteiger charge is -2.10. The highest BCUT2D eigenvalue weighted by Gasteiger charge is 2.06. The van der Waals surface area contributed by atoms with Gasteiger partial charge in [-0.25, -0.2) is 10.8 Å². The third kappa shape index (κ3) is 4.66. The second-order valence-electron chi connectivity index (χ2n) is 4.17. The highest BCUT2D eigenvalue weighted by molar-refractivity contribution is 9.10. The van der Waals surface area contributed by atoms with Gasteiger partial charge in [0.05, 0.1) is 0 Å². The van der Waals surface area contributed by atoms with Gasteiger partial charge in [0.25, 0.3) is 0 Å². The molecule has 0 aliphatic rings. The summed E-state index contributed by atoms with van der Waals surface area (Å²) >= 11 is 3.48. The molecule has 0 unspecified atom stereocenters. The Morgan fingerprint density at radius 3 is 2.76 bits per heavy atom. The van der Waals surface area contributed by atoms with Crippen molar-refractivity contribution < 1.29 is 9.47 Å². The molecule has 0 aliphatic heterocycles. The van der Waals surface area contributed by atoms with E-state index in [9.17, 15) is 0 Å². The summed E-state index contributed by atoms with van der Waals surface area (Å²) in [5.74, 6) is 6.86. The molecule has 0 atom stereocenters. The first kappa shape index (κ1) is 15.7. The summed E-state index contributed by atoms with van der Waals surface area (Å²) in [6.45, 7) is 3.22. The Hall–Kier alpha value is -1.70. The molecule has 0 spiro atoms. The average molecular weight is 353 g/mol. The number of hydrogen-bond acceptors (Lipinski definition) is 6. The van der Waals surface area contributed by atoms with Crippen LogP contribution < -0.4 is 16.0 Å². The zero-order chi connectivity index (χ0) is 15.1. The van der Waals surface area contributed by atoms with Gasteiger partial charge in [-0.05, 0) is 13.0 Å². The van der Waals surface area contributed by atoms with Crippen LogP contribution in [-0.2, 0) is 18.0 Å². The van der Waals surface area contributed by atoms with Crippen molar-refractivity contribution in [2.45, 2.75) is 20.1 Å². The van der Waals surface area contributed by atoms with Crippen LogP contribution in [0.2, 0.25) is 0 Å². The normalized spacial score (nSPS) is 10.4. The molecule has 112 valence electrons. The van der Waals surface area contributed by atoms with Crippen molar-refractivity contribution in [2.75, 3.05) is 12.0 Å². The minimum absolute atomic E-state index is 0.317. The number of nitrogens with two attached hydrogens (primary N) is 1. The fourth-order valence-electron chi connectivity index (χ4n) is 1.65. The summed E-state index contributed by atoms with van der Waals surface area (Å²) in [7, 11) is 0. The Kier molecular flexibility index (Phi) is 5.91. The fourth-order valence-corrected chi connectivity index (χ4v) is 2.04. The van der Waals surface area contributed by atoms with Gasteiger partial charge < -0.3 is 14.9 Å². The summed E-state index contributed by atoms with van der Waals surface area (Å²) in [6.07, 6.45) is 0. The number of halogens is 1. The summed E-state index contributed by atoms with van der Waals surface area (Å²) in [6, 6.07) is 9.50. The smallest absolute Gasteiger partial charge is 0.219 e. The van der Waals surface area contributed by atoms with Crippen molar-refractivity contribution in [3.05, 3.63) is 46.2 Å². The van der Waals surface area contributed by atoms with Crippen molar-refractivity contribution in [3.63, 3.8) is 0 Å². The van der Waals surface area contributed by atoms with Gasteiger partial charge in [-0.15, -0.1) is 0 Å². The molecule has 2 rings (SSSR count). The van der Waals surface area contributed by atoms with Gasteiger partial charge in [-0.1, -0.05) is 34.1 Å². The molecule has 0 saturated heterocycles. The predicted molar refractivity (Wildman–Crippen MR) is 83.6 cm³/mol. The van der Waals surface area contributed by atoms with E-state index in [1.54, 1.807) is 6.07 Å². The standard InChI is InChI=1S/C14H17BrN4O2/c1-2-20-9-13-17-12(19-16)7-14(18-13)21-8-10-5-3-4-6-11(10)15/h3-7H,2,8-9,16H2,1H3,(H,17,18,19). The molecule has 0 bridgehead atoms. The number of aromatic nitrogens is 2. The molecule has 1 aromatic heterocycles. The lowest BCUT2D eigenvalue weighted by molar-refractivity contribution is 0.127. The third-order valence-electron chi connectivity index (χ3n) is 2.67. The molecule has 0 saturated carbocycles. The Morgan fingerprint density at radius 1 is 1.24 bits per heavy atom. The molecule has 0 amide bonds. The van der Waals surface area contributed by atoms with E-state index in [0.29, 0.717) is 37.3 Å². The minimum Gasteiger partial charge on any atom is -0.473 e. The number of nitrogens with one attached hydrogen (secondary N) is 1. The number of ether oxygens (including phenoxy) is 2. The average Bonchev–Trinajstić information content (AvgIpc) is 2.52. The second-order valence-corrected chi connectivity index (χ2v) is 5.02. The van der Waals surface area contributed by atoms with Crippen LogP contribution in [0.1, 0.15) is 18.3 Å². The Labute approximate surface area is 131 Å². The maximum absolute atomic E-state index is 5.70. The van der Waals surface area contributed by atoms with Gasteiger partial charge >= 0.3 is 0 Å². The molecule has 0 fully saturated rings. The number of nitrogen functional groups attached to an aromatic ring is 1. The summed E-state index contributed by atoms with van der Waals surface area (Å²) in [4.78, 5) is 8.49. The van der Waals surface area contributed by atoms with Crippen molar-refractivity contribution in [2.24, 2.45) is 5.84 Å². The highest BCUT2D eigenvalue weighted by atomic mass is 79.9. The van der Waals surface area contributed by atoms with Crippen molar-refractivity contribution in [1.82, 2.24) is 9.97 Å². The van der Waals surface area contributed by atoms with Crippen LogP contribution >= 0.6 is 15.9 Å². The van der Waals surface area contributed by atoms with Crippen LogP contribution in [0.15, 0.2) is 34.8 Å². The molecule has 21 heavy (non-hydrogen) atoms. The SMILES string of the molecule is CCOCc1nc(NN)cc(OCc2ccccc2Br)n1. The van der Waals surface area contributed by atoms with Gasteiger partial charge in [0.1, 0.15) is 19.0 Å². The van der Waals surface area contributed by atoms with Crippen LogP contribution in [0.4, 0.5) is 5.82 Å². The number of benzene rings is 1. The molecule has 1 heterocycles. The monoisotopic (exact) mass is 352 g/mol. The number of nitrogens with zero attached hydrogens (tertiary/aromatic N) is 2. The van der Waals surface area contributed by atoms with Gasteiger partial charge in [0.15, 0.2) is 5.82 Å². The molecule has 3 N–H and O–H groups in total. The third-order valence-corrected chi connectivity index (χ3v) is 3.44. The molecule has 2 aromatic rings. The van der Waals surface area contributed by atoms with Crippen molar-refractivity contribution >= 4 is 21.7 Å². The lowest BCUT2D eigenvalue weighted by Crippen LogP contribution is -2.12. The molecule has 6 nitrogen and oxygen atoms in total. The number of anilines is 1. The van der Waals surface area contributed by atoms with Crippen LogP contribution in [0.5, 0.6) is 5.88 Å². The summed E-state index contributed by atoms with van der Waals surface area (Å²) in [5.41, 5.74) is 3.53. The van der Waals surface area contributed by atoms with Crippen LogP contribution in [0.3, 0.4) is 0 Å². The Morgan fingerprint density at radius 2 is 2.05 bits per heavy atom. The molecular weight excluding hydrogens is 336 g/mol. The predicted octanol–water partition coefficient (Wildman–Crippen LogP) is 2.64. The van der Waals surface area contributed by atoms with Crippen LogP contribution in [0, 0.1) is 0 Å². The second kappa shape index (κ2) is 7.92. The van der Waals surface area contributed by atoms with E-state index >= 15 is 0 Å². The van der Waals surface area contributed by atoms with E-state index in [1.165, 1.54) is 0 Å². The number of hydrogen-bond donors (Lipinski definition) is 2. The van der Waals surface area contributed by atoms with E-state index in [1.807, 2.05) is 31.2 Å². The van der Waals surface area contributed by atoms with E-state index in [-0.39, 0.29) is 0 Å². The molecule has 0 radical (unpaired) electrons. The fraction of sp³-hybridized carbons (Fsp3) is 0.286. The first-order chi connectivity index (χ1) is 10.2. The first-order valence-electron chi connectivity index (χ1n) is 6.51. The molecule has 0 aliphatic carbocycles. The minimum atomic E-state index is 0.317. The zero-order valence-corrected chi connectivity index (χ0v) is 13.3. The van der Waals surface area contributed by atoms with E-state index in [0.717, 1.165) is 10.0 Å². The van der Waals surface area contributed by atoms with E-state index in [4.69, 9.17) is 15.3 Å². The molecular formula is C14H17BrN4O2. The number of rotatable bonds is 7. The first-order valence-corrected chi connectivity index (χ1v) is 7.30. The van der Waals surface area contributed by atoms with E-state index in [2.05, 4.69) is 31.3 Å². The largest absolute Gasteiger partial charge is 0.473 e. The van der Waals surface area contributed by atoms with Gasteiger partial charge in [0.2, 0.25) is 5.88 Å². The van der Waals surface area contributed by atoms with Crippen LogP contribution in [0.25, 0.3) is 0 Å². The summed E-state index contributed by atoms with van der Waals surface area (Å²) in [5, 5.41) is 0. The van der Waals surface area contributed by atoms with Crippen molar-refractivity contribution in [3.8, 4) is 5.88 Å². The van der Waals surface area contributed by atoms with Crippen LogP contribution in [-0.4, -0.2) is 16.6 Å². The Bertz CT molecular complexity index is 595. The quantitative estimate of drug-likeness (QED) is 0.588. The Balaban J connectivity index is 2.09. The van der Waals surface area contributed by atoms with Gasteiger partial charge in [-0.2, -0.15) is 4.98 Å². The topological polar surface area (TPSA) is 82.3 Å². The van der Waals surface area contributed by atoms with Gasteiger partial charge in [0, 0.05) is 22.7 Å². The van der Waals surface area contributed by atoms with Gasteiger partial charge in [-0.3, -0.25) is 0 Å². The summed E-state index contributed by atoms with van der Waals surface area (Å²) < 4.78 is 12.0. The van der Waals surface area contributed by atoms with Crippen molar-refractivity contribution in [1.29, 1.82) is 0 Å². The highest BCUT2D eigenvalue weighted by Crippen LogP contribution is 2.19.